The van der Waals surface area contributed by atoms with Gasteiger partial charge in [0, 0.05) is 11.3 Å². The number of para-hydroxylation sites is 2. The first-order chi connectivity index (χ1) is 11.6. The number of carbonyl (C=O) groups is 1. The van der Waals surface area contributed by atoms with Gasteiger partial charge >= 0.3 is 0 Å². The fourth-order valence-electron chi connectivity index (χ4n) is 2.82. The Morgan fingerprint density at radius 1 is 1.29 bits per heavy atom. The zero-order chi connectivity index (χ0) is 17.1. The molecule has 0 fully saturated rings. The van der Waals surface area contributed by atoms with Crippen LogP contribution in [0.15, 0.2) is 29.3 Å². The van der Waals surface area contributed by atoms with Gasteiger partial charge in [0.05, 0.1) is 18.0 Å². The molecule has 1 aliphatic carbocycles. The Hall–Kier alpha value is -2.08. The molecule has 1 aromatic carbocycles. The van der Waals surface area contributed by atoms with E-state index >= 15 is 0 Å². The molecule has 126 valence electrons. The number of anilines is 1. The molecule has 0 radical (unpaired) electrons. The summed E-state index contributed by atoms with van der Waals surface area (Å²) in [5.41, 5.74) is 3.03. The van der Waals surface area contributed by atoms with E-state index in [4.69, 9.17) is 4.74 Å². The van der Waals surface area contributed by atoms with E-state index in [1.165, 1.54) is 17.3 Å². The van der Waals surface area contributed by atoms with Gasteiger partial charge in [0.2, 0.25) is 5.91 Å². The van der Waals surface area contributed by atoms with E-state index in [-0.39, 0.29) is 11.2 Å². The van der Waals surface area contributed by atoms with E-state index < -0.39 is 0 Å². The molecule has 1 heterocycles. The van der Waals surface area contributed by atoms with Crippen LogP contribution in [0.2, 0.25) is 0 Å². The van der Waals surface area contributed by atoms with Crippen molar-refractivity contribution >= 4 is 23.4 Å². The maximum atomic E-state index is 12.5. The highest BCUT2D eigenvalue weighted by molar-refractivity contribution is 8.00. The second-order valence-corrected chi connectivity index (χ2v) is 7.13. The molecule has 1 aliphatic rings. The number of amides is 1. The average Bonchev–Trinajstić information content (AvgIpc) is 3.03. The first-order valence-electron chi connectivity index (χ1n) is 8.05. The van der Waals surface area contributed by atoms with Crippen LogP contribution in [0, 0.1) is 6.92 Å². The molecule has 1 amide bonds. The van der Waals surface area contributed by atoms with Crippen LogP contribution in [0.1, 0.15) is 30.4 Å². The maximum absolute atomic E-state index is 12.5. The fourth-order valence-corrected chi connectivity index (χ4v) is 3.86. The van der Waals surface area contributed by atoms with Crippen LogP contribution in [0.4, 0.5) is 5.69 Å². The van der Waals surface area contributed by atoms with E-state index in [0.29, 0.717) is 11.4 Å². The van der Waals surface area contributed by atoms with Gasteiger partial charge in [0.15, 0.2) is 0 Å². The van der Waals surface area contributed by atoms with Crippen LogP contribution in [-0.4, -0.2) is 28.2 Å². The molecule has 6 heteroatoms. The van der Waals surface area contributed by atoms with Gasteiger partial charge in [0.1, 0.15) is 16.6 Å². The molecule has 1 atom stereocenters. The number of rotatable bonds is 5. The van der Waals surface area contributed by atoms with Crippen LogP contribution in [-0.2, 0) is 17.6 Å². The molecule has 0 aliphatic heterocycles. The van der Waals surface area contributed by atoms with Crippen LogP contribution < -0.4 is 10.1 Å². The highest BCUT2D eigenvalue weighted by Crippen LogP contribution is 2.32. The number of aromatic nitrogens is 2. The van der Waals surface area contributed by atoms with Crippen molar-refractivity contribution < 1.29 is 9.53 Å². The molecular weight excluding hydrogens is 322 g/mol. The molecule has 1 N–H and O–H groups in total. The van der Waals surface area contributed by atoms with Crippen molar-refractivity contribution in [2.24, 2.45) is 0 Å². The zero-order valence-electron chi connectivity index (χ0n) is 14.1. The van der Waals surface area contributed by atoms with Crippen molar-refractivity contribution in [1.29, 1.82) is 0 Å². The Balaban J connectivity index is 1.73. The smallest absolute Gasteiger partial charge is 0.237 e. The van der Waals surface area contributed by atoms with Gasteiger partial charge in [-0.05, 0) is 45.2 Å². The van der Waals surface area contributed by atoms with Gasteiger partial charge in [-0.15, -0.1) is 0 Å². The highest BCUT2D eigenvalue weighted by Gasteiger charge is 2.23. The lowest BCUT2D eigenvalue weighted by atomic mass is 10.3. The van der Waals surface area contributed by atoms with Gasteiger partial charge in [-0.25, -0.2) is 9.97 Å². The Morgan fingerprint density at radius 3 is 2.88 bits per heavy atom. The summed E-state index contributed by atoms with van der Waals surface area (Å²) in [6.45, 7) is 3.80. The van der Waals surface area contributed by atoms with Crippen LogP contribution >= 0.6 is 11.8 Å². The monoisotopic (exact) mass is 343 g/mol. The molecule has 2 aromatic rings. The third-order valence-corrected chi connectivity index (χ3v) is 5.16. The fraction of sp³-hybridized carbons (Fsp3) is 0.389. The van der Waals surface area contributed by atoms with Crippen molar-refractivity contribution in [3.05, 3.63) is 41.3 Å². The number of aryl methyl sites for hydroxylation is 2. The minimum atomic E-state index is -0.256. The standard InChI is InChI=1S/C18H21N3O2S/c1-11(17(22)21-15-8-4-5-10-16(15)23-3)24-18-13-7-6-9-14(13)19-12(2)20-18/h4-5,8,10-11H,6-7,9H2,1-3H3,(H,21,22)/t11-/m0/s1. The Bertz CT molecular complexity index is 764. The summed E-state index contributed by atoms with van der Waals surface area (Å²) < 4.78 is 5.28. The normalized spacial score (nSPS) is 14.1. The number of hydrogen-bond donors (Lipinski definition) is 1. The second-order valence-electron chi connectivity index (χ2n) is 5.80. The minimum Gasteiger partial charge on any atom is -0.495 e. The third-order valence-electron chi connectivity index (χ3n) is 4.03. The summed E-state index contributed by atoms with van der Waals surface area (Å²) in [5.74, 6) is 1.37. The summed E-state index contributed by atoms with van der Waals surface area (Å²) >= 11 is 1.50. The molecule has 0 spiro atoms. The average molecular weight is 343 g/mol. The predicted molar refractivity (Wildman–Crippen MR) is 95.7 cm³/mol. The zero-order valence-corrected chi connectivity index (χ0v) is 14.9. The highest BCUT2D eigenvalue weighted by atomic mass is 32.2. The van der Waals surface area contributed by atoms with Crippen molar-refractivity contribution in [3.8, 4) is 5.75 Å². The summed E-state index contributed by atoms with van der Waals surface area (Å²) in [4.78, 5) is 21.6. The van der Waals surface area contributed by atoms with Crippen molar-refractivity contribution in [3.63, 3.8) is 0 Å². The quantitative estimate of drug-likeness (QED) is 0.666. The summed E-state index contributed by atoms with van der Waals surface area (Å²) in [5, 5.41) is 3.62. The number of carbonyl (C=O) groups excluding carboxylic acids is 1. The first kappa shape index (κ1) is 16.8. The Labute approximate surface area is 146 Å². The van der Waals surface area contributed by atoms with E-state index in [0.717, 1.165) is 35.8 Å². The summed E-state index contributed by atoms with van der Waals surface area (Å²) in [6.07, 6.45) is 3.12. The number of methoxy groups -OCH3 is 1. The van der Waals surface area contributed by atoms with Gasteiger partial charge < -0.3 is 10.1 Å². The Morgan fingerprint density at radius 2 is 2.08 bits per heavy atom. The van der Waals surface area contributed by atoms with Gasteiger partial charge in [0.25, 0.3) is 0 Å². The van der Waals surface area contributed by atoms with Crippen molar-refractivity contribution in [1.82, 2.24) is 9.97 Å². The molecule has 0 saturated heterocycles. The molecular formula is C18H21N3O2S. The number of benzene rings is 1. The number of ether oxygens (including phenoxy) is 1. The summed E-state index contributed by atoms with van der Waals surface area (Å²) in [7, 11) is 1.59. The first-order valence-corrected chi connectivity index (χ1v) is 8.93. The van der Waals surface area contributed by atoms with Crippen LogP contribution in [0.3, 0.4) is 0 Å². The SMILES string of the molecule is COc1ccccc1NC(=O)[C@H](C)Sc1nc(C)nc2c1CCC2. The van der Waals surface area contributed by atoms with Crippen molar-refractivity contribution in [2.45, 2.75) is 43.4 Å². The third kappa shape index (κ3) is 3.53. The van der Waals surface area contributed by atoms with Crippen LogP contribution in [0.25, 0.3) is 0 Å². The number of fused-ring (bicyclic) bond motifs is 1. The van der Waals surface area contributed by atoms with Gasteiger partial charge in [-0.1, -0.05) is 23.9 Å². The van der Waals surface area contributed by atoms with Crippen LogP contribution in [0.5, 0.6) is 5.75 Å². The predicted octanol–water partition coefficient (Wildman–Crippen LogP) is 3.40. The van der Waals surface area contributed by atoms with Crippen molar-refractivity contribution in [2.75, 3.05) is 12.4 Å². The lowest BCUT2D eigenvalue weighted by Crippen LogP contribution is -2.23. The number of hydrogen-bond acceptors (Lipinski definition) is 5. The number of nitrogens with zero attached hydrogens (tertiary/aromatic N) is 2. The lowest BCUT2D eigenvalue weighted by Gasteiger charge is -2.15. The lowest BCUT2D eigenvalue weighted by molar-refractivity contribution is -0.115. The molecule has 0 unspecified atom stereocenters. The van der Waals surface area contributed by atoms with E-state index in [1.807, 2.05) is 38.1 Å². The second kappa shape index (κ2) is 7.21. The maximum Gasteiger partial charge on any atom is 0.237 e. The number of thioether (sulfide) groups is 1. The summed E-state index contributed by atoms with van der Waals surface area (Å²) in [6, 6.07) is 7.41. The van der Waals surface area contributed by atoms with E-state index in [2.05, 4.69) is 15.3 Å². The van der Waals surface area contributed by atoms with E-state index in [9.17, 15) is 4.79 Å². The molecule has 24 heavy (non-hydrogen) atoms. The molecule has 1 aromatic heterocycles. The largest absolute Gasteiger partial charge is 0.495 e. The van der Waals surface area contributed by atoms with Gasteiger partial charge in [-0.3, -0.25) is 4.79 Å². The Kier molecular flexibility index (Phi) is 5.04. The topological polar surface area (TPSA) is 64.1 Å². The minimum absolute atomic E-state index is 0.0625. The van der Waals surface area contributed by atoms with E-state index in [1.54, 1.807) is 7.11 Å². The molecule has 5 nitrogen and oxygen atoms in total. The van der Waals surface area contributed by atoms with Gasteiger partial charge in [-0.2, -0.15) is 0 Å². The number of nitrogens with one attached hydrogen (secondary N) is 1. The molecule has 3 rings (SSSR count). The molecule has 0 bridgehead atoms. The molecule has 0 saturated carbocycles.